The van der Waals surface area contributed by atoms with Gasteiger partial charge in [0.05, 0.1) is 0 Å². The van der Waals surface area contributed by atoms with Crippen LogP contribution >= 0.6 is 27.5 Å². The zero-order valence-electron chi connectivity index (χ0n) is 15.2. The average Bonchev–Trinajstić information content (AvgIpc) is 2.54. The lowest BCUT2D eigenvalue weighted by molar-refractivity contribution is -0.124. The van der Waals surface area contributed by atoms with Crippen molar-refractivity contribution in [3.05, 3.63) is 63.1 Å². The van der Waals surface area contributed by atoms with Crippen molar-refractivity contribution in [1.29, 1.82) is 0 Å². The number of ether oxygens (including phenoxy) is 1. The molecule has 0 bridgehead atoms. The van der Waals surface area contributed by atoms with Crippen LogP contribution in [0, 0.1) is 0 Å². The van der Waals surface area contributed by atoms with Gasteiger partial charge in [-0.15, -0.1) is 0 Å². The van der Waals surface area contributed by atoms with Crippen LogP contribution in [0.4, 0.5) is 0 Å². The van der Waals surface area contributed by atoms with Gasteiger partial charge in [-0.1, -0.05) is 45.7 Å². The second-order valence-corrected chi connectivity index (χ2v) is 8.36. The third-order valence-corrected chi connectivity index (χ3v) is 4.35. The van der Waals surface area contributed by atoms with E-state index in [2.05, 4.69) is 26.6 Å². The molecule has 4 nitrogen and oxygen atoms in total. The summed E-state index contributed by atoms with van der Waals surface area (Å²) in [5.74, 6) is 0.541. The fraction of sp³-hybridized carbons (Fsp3) is 0.350. The van der Waals surface area contributed by atoms with Crippen molar-refractivity contribution < 1.29 is 9.53 Å². The third kappa shape index (κ3) is 6.98. The summed E-state index contributed by atoms with van der Waals surface area (Å²) in [6.45, 7) is 7.05. The predicted octanol–water partition coefficient (Wildman–Crippen LogP) is 4.69. The van der Waals surface area contributed by atoms with E-state index < -0.39 is 0 Å². The van der Waals surface area contributed by atoms with Crippen molar-refractivity contribution in [1.82, 2.24) is 10.6 Å². The van der Waals surface area contributed by atoms with Gasteiger partial charge in [-0.25, -0.2) is 0 Å². The first-order valence-electron chi connectivity index (χ1n) is 8.41. The highest BCUT2D eigenvalue weighted by Crippen LogP contribution is 2.23. The van der Waals surface area contributed by atoms with Gasteiger partial charge in [0.1, 0.15) is 5.75 Å². The second-order valence-electron chi connectivity index (χ2n) is 7.03. The van der Waals surface area contributed by atoms with Crippen molar-refractivity contribution in [3.63, 3.8) is 0 Å². The lowest BCUT2D eigenvalue weighted by Gasteiger charge is -2.21. The monoisotopic (exact) mass is 438 g/mol. The fourth-order valence-electron chi connectivity index (χ4n) is 2.40. The molecule has 0 aliphatic rings. The number of hydrogen-bond donors (Lipinski definition) is 2. The zero-order valence-corrected chi connectivity index (χ0v) is 17.6. The van der Waals surface area contributed by atoms with E-state index in [9.17, 15) is 4.79 Å². The number of carbonyl (C=O) groups excluding carboxylic acids is 1. The minimum Gasteiger partial charge on any atom is -0.483 e. The van der Waals surface area contributed by atoms with E-state index in [1.807, 2.05) is 63.2 Å². The van der Waals surface area contributed by atoms with Gasteiger partial charge in [-0.2, -0.15) is 0 Å². The smallest absolute Gasteiger partial charge is 0.258 e. The van der Waals surface area contributed by atoms with Gasteiger partial charge < -0.3 is 15.4 Å². The van der Waals surface area contributed by atoms with Crippen LogP contribution in [0.15, 0.2) is 46.9 Å². The maximum absolute atomic E-state index is 12.0. The molecule has 1 amide bonds. The van der Waals surface area contributed by atoms with E-state index in [1.165, 1.54) is 0 Å². The molecule has 140 valence electrons. The molecule has 2 aromatic rings. The van der Waals surface area contributed by atoms with Crippen molar-refractivity contribution >= 4 is 33.4 Å². The highest BCUT2D eigenvalue weighted by molar-refractivity contribution is 9.10. The molecule has 2 N–H and O–H groups in total. The fourth-order valence-corrected chi connectivity index (χ4v) is 3.01. The van der Waals surface area contributed by atoms with Gasteiger partial charge in [0.15, 0.2) is 6.61 Å². The van der Waals surface area contributed by atoms with Gasteiger partial charge in [-0.3, -0.25) is 4.79 Å². The Morgan fingerprint density at radius 2 is 1.81 bits per heavy atom. The molecule has 26 heavy (non-hydrogen) atoms. The van der Waals surface area contributed by atoms with Crippen molar-refractivity contribution in [2.75, 3.05) is 6.61 Å². The number of nitrogens with one attached hydrogen (secondary N) is 2. The number of halogens is 2. The molecule has 0 atom stereocenters. The van der Waals surface area contributed by atoms with Crippen LogP contribution in [-0.4, -0.2) is 18.1 Å². The van der Waals surface area contributed by atoms with E-state index in [4.69, 9.17) is 16.3 Å². The molecule has 0 aliphatic heterocycles. The van der Waals surface area contributed by atoms with E-state index in [-0.39, 0.29) is 18.1 Å². The highest BCUT2D eigenvalue weighted by Gasteiger charge is 2.15. The molecule has 0 aromatic heterocycles. The zero-order chi connectivity index (χ0) is 19.2. The van der Waals surface area contributed by atoms with Crippen molar-refractivity contribution in [2.45, 2.75) is 39.4 Å². The molecule has 2 rings (SSSR count). The maximum atomic E-state index is 12.0. The Morgan fingerprint density at radius 3 is 2.50 bits per heavy atom. The molecule has 0 fully saturated rings. The molecular weight excluding hydrogens is 416 g/mol. The van der Waals surface area contributed by atoms with Gasteiger partial charge in [0, 0.05) is 33.7 Å². The SMILES string of the molecule is CC(C)(C)NC(=O)COc1ccc(Br)cc1CNCc1ccccc1Cl. The molecule has 0 saturated heterocycles. The minimum atomic E-state index is -0.278. The highest BCUT2D eigenvalue weighted by atomic mass is 79.9. The van der Waals surface area contributed by atoms with Crippen LogP contribution < -0.4 is 15.4 Å². The first-order valence-corrected chi connectivity index (χ1v) is 9.58. The Morgan fingerprint density at radius 1 is 1.12 bits per heavy atom. The largest absolute Gasteiger partial charge is 0.483 e. The standard InChI is InChI=1S/C20H24BrClN2O2/c1-20(2,3)24-19(25)13-26-18-9-8-16(21)10-15(18)12-23-11-14-6-4-5-7-17(14)22/h4-10,23H,11-13H2,1-3H3,(H,24,25). The molecule has 6 heteroatoms. The van der Waals surface area contributed by atoms with E-state index in [1.54, 1.807) is 0 Å². The molecule has 0 radical (unpaired) electrons. The summed E-state index contributed by atoms with van der Waals surface area (Å²) >= 11 is 9.66. The molecule has 0 unspecified atom stereocenters. The topological polar surface area (TPSA) is 50.4 Å². The summed E-state index contributed by atoms with van der Waals surface area (Å²) in [5, 5.41) is 6.99. The summed E-state index contributed by atoms with van der Waals surface area (Å²) in [6.07, 6.45) is 0. The molecule has 0 aliphatic carbocycles. The molecule has 0 spiro atoms. The van der Waals surface area contributed by atoms with E-state index >= 15 is 0 Å². The Labute approximate surface area is 168 Å². The second kappa shape index (κ2) is 9.40. The Bertz CT molecular complexity index is 760. The Kier molecular flexibility index (Phi) is 7.50. The van der Waals surface area contributed by atoms with Crippen LogP contribution in [-0.2, 0) is 17.9 Å². The molecule has 0 heterocycles. The Balaban J connectivity index is 1.96. The number of hydrogen-bond acceptors (Lipinski definition) is 3. The summed E-state index contributed by atoms with van der Waals surface area (Å²) in [7, 11) is 0. The number of amides is 1. The van der Waals surface area contributed by atoms with E-state index in [0.29, 0.717) is 18.8 Å². The van der Waals surface area contributed by atoms with Gasteiger partial charge in [0.2, 0.25) is 0 Å². The van der Waals surface area contributed by atoms with Gasteiger partial charge in [0.25, 0.3) is 5.91 Å². The summed E-state index contributed by atoms with van der Waals surface area (Å²) < 4.78 is 6.68. The quantitative estimate of drug-likeness (QED) is 0.658. The lowest BCUT2D eigenvalue weighted by atomic mass is 10.1. The van der Waals surface area contributed by atoms with E-state index in [0.717, 1.165) is 20.6 Å². The van der Waals surface area contributed by atoms with Crippen LogP contribution in [0.3, 0.4) is 0 Å². The number of benzene rings is 2. The van der Waals surface area contributed by atoms with Crippen LogP contribution in [0.5, 0.6) is 5.75 Å². The van der Waals surface area contributed by atoms with Crippen molar-refractivity contribution in [3.8, 4) is 5.75 Å². The first-order chi connectivity index (χ1) is 12.2. The minimum absolute atomic E-state index is 0.0174. The van der Waals surface area contributed by atoms with Gasteiger partial charge in [-0.05, 0) is 50.6 Å². The summed E-state index contributed by atoms with van der Waals surface area (Å²) in [6, 6.07) is 13.5. The first kappa shape index (κ1) is 20.7. The van der Waals surface area contributed by atoms with Gasteiger partial charge >= 0.3 is 0 Å². The third-order valence-electron chi connectivity index (χ3n) is 3.48. The summed E-state index contributed by atoms with van der Waals surface area (Å²) in [5.41, 5.74) is 1.73. The normalized spacial score (nSPS) is 11.3. The predicted molar refractivity (Wildman–Crippen MR) is 110 cm³/mol. The molecular formula is C20H24BrClN2O2. The van der Waals surface area contributed by atoms with Crippen molar-refractivity contribution in [2.24, 2.45) is 0 Å². The molecule has 0 saturated carbocycles. The van der Waals surface area contributed by atoms with Crippen LogP contribution in [0.1, 0.15) is 31.9 Å². The Hall–Kier alpha value is -1.56. The maximum Gasteiger partial charge on any atom is 0.258 e. The van der Waals surface area contributed by atoms with Crippen LogP contribution in [0.2, 0.25) is 5.02 Å². The number of carbonyl (C=O) groups is 1. The average molecular weight is 440 g/mol. The lowest BCUT2D eigenvalue weighted by Crippen LogP contribution is -2.43. The molecule has 2 aromatic carbocycles. The number of rotatable bonds is 7. The summed E-state index contributed by atoms with van der Waals surface area (Å²) in [4.78, 5) is 12.0. The van der Waals surface area contributed by atoms with Crippen LogP contribution in [0.25, 0.3) is 0 Å².